The van der Waals surface area contributed by atoms with E-state index in [0.29, 0.717) is 18.4 Å². The summed E-state index contributed by atoms with van der Waals surface area (Å²) in [5, 5.41) is 14.6. The Balaban J connectivity index is 1.87. The molecule has 2 rings (SSSR count). The summed E-state index contributed by atoms with van der Waals surface area (Å²) in [5.74, 6) is 0.577. The van der Waals surface area contributed by atoms with E-state index in [2.05, 4.69) is 44.6 Å². The van der Waals surface area contributed by atoms with Gasteiger partial charge in [0.15, 0.2) is 5.82 Å². The zero-order chi connectivity index (χ0) is 17.5. The fourth-order valence-electron chi connectivity index (χ4n) is 2.24. The normalized spacial score (nSPS) is 12.6. The third kappa shape index (κ3) is 5.38. The van der Waals surface area contributed by atoms with Gasteiger partial charge in [0.2, 0.25) is 5.91 Å². The third-order valence-corrected chi connectivity index (χ3v) is 3.84. The number of rotatable bonds is 8. The molecule has 0 bridgehead atoms. The lowest BCUT2D eigenvalue weighted by molar-refractivity contribution is -0.122. The van der Waals surface area contributed by atoms with Gasteiger partial charge >= 0.3 is 0 Å². The van der Waals surface area contributed by atoms with Crippen molar-refractivity contribution in [3.8, 4) is 0 Å². The van der Waals surface area contributed by atoms with Crippen LogP contribution >= 0.6 is 0 Å². The predicted molar refractivity (Wildman–Crippen MR) is 90.0 cm³/mol. The second-order valence-corrected chi connectivity index (χ2v) is 6.30. The molecule has 0 aliphatic carbocycles. The first kappa shape index (κ1) is 18.0. The van der Waals surface area contributed by atoms with Gasteiger partial charge in [0, 0.05) is 24.5 Å². The first-order valence-corrected chi connectivity index (χ1v) is 8.09. The van der Waals surface area contributed by atoms with E-state index in [1.54, 1.807) is 10.9 Å². The van der Waals surface area contributed by atoms with Crippen molar-refractivity contribution in [3.05, 3.63) is 35.9 Å². The van der Waals surface area contributed by atoms with Crippen LogP contribution in [0.25, 0.3) is 0 Å². The lowest BCUT2D eigenvalue weighted by Crippen LogP contribution is -2.37. The van der Waals surface area contributed by atoms with Gasteiger partial charge in [-0.3, -0.25) is 14.7 Å². The lowest BCUT2D eigenvalue weighted by atomic mass is 10.1. The molecule has 0 fully saturated rings. The summed E-state index contributed by atoms with van der Waals surface area (Å²) in [6, 6.07) is 4.28. The van der Waals surface area contributed by atoms with Gasteiger partial charge in [0.05, 0.1) is 6.54 Å². The van der Waals surface area contributed by atoms with Gasteiger partial charge in [-0.1, -0.05) is 6.07 Å². The molecule has 0 saturated heterocycles. The number of amides is 1. The Bertz CT molecular complexity index is 641. The average Bonchev–Trinajstić information content (AvgIpc) is 2.94. The summed E-state index contributed by atoms with van der Waals surface area (Å²) in [4.78, 5) is 18.4. The molecule has 2 aromatic rings. The maximum absolute atomic E-state index is 12.2. The van der Waals surface area contributed by atoms with Crippen molar-refractivity contribution in [2.45, 2.75) is 52.4 Å². The van der Waals surface area contributed by atoms with Crippen molar-refractivity contribution in [1.82, 2.24) is 35.4 Å². The molecule has 0 spiro atoms. The van der Waals surface area contributed by atoms with Crippen LogP contribution in [0.4, 0.5) is 0 Å². The van der Waals surface area contributed by atoms with Crippen LogP contribution in [0.2, 0.25) is 0 Å². The highest BCUT2D eigenvalue weighted by atomic mass is 16.2. The van der Waals surface area contributed by atoms with Gasteiger partial charge in [-0.15, -0.1) is 5.10 Å². The van der Waals surface area contributed by atoms with Crippen LogP contribution in [0.3, 0.4) is 0 Å². The van der Waals surface area contributed by atoms with Crippen molar-refractivity contribution in [2.24, 2.45) is 0 Å². The van der Waals surface area contributed by atoms with Crippen molar-refractivity contribution in [1.29, 1.82) is 0 Å². The van der Waals surface area contributed by atoms with E-state index in [-0.39, 0.29) is 18.5 Å². The number of carbonyl (C=O) groups is 1. The monoisotopic (exact) mass is 331 g/mol. The lowest BCUT2D eigenvalue weighted by Gasteiger charge is -2.20. The molecule has 2 heterocycles. The Morgan fingerprint density at radius 3 is 2.83 bits per heavy atom. The summed E-state index contributed by atoms with van der Waals surface area (Å²) in [6.45, 7) is 6.88. The zero-order valence-corrected chi connectivity index (χ0v) is 14.7. The van der Waals surface area contributed by atoms with Gasteiger partial charge in [-0.2, -0.15) is 0 Å². The number of hydrogen-bond donors (Lipinski definition) is 1. The van der Waals surface area contributed by atoms with Gasteiger partial charge in [-0.05, 0) is 56.3 Å². The van der Waals surface area contributed by atoms with Crippen LogP contribution in [0.15, 0.2) is 24.5 Å². The second-order valence-electron chi connectivity index (χ2n) is 6.30. The second kappa shape index (κ2) is 8.49. The Hall–Kier alpha value is -2.35. The molecule has 1 N–H and O–H groups in total. The van der Waals surface area contributed by atoms with E-state index < -0.39 is 0 Å². The number of aromatic nitrogens is 5. The van der Waals surface area contributed by atoms with Crippen molar-refractivity contribution in [3.63, 3.8) is 0 Å². The maximum Gasteiger partial charge on any atom is 0.242 e. The van der Waals surface area contributed by atoms with E-state index in [1.807, 2.05) is 32.3 Å². The van der Waals surface area contributed by atoms with E-state index in [0.717, 1.165) is 12.0 Å². The average molecular weight is 331 g/mol. The van der Waals surface area contributed by atoms with Crippen LogP contribution in [-0.2, 0) is 24.3 Å². The van der Waals surface area contributed by atoms with Crippen molar-refractivity contribution >= 4 is 5.91 Å². The van der Waals surface area contributed by atoms with Crippen LogP contribution in [-0.4, -0.2) is 55.1 Å². The molecular formula is C16H25N7O. The van der Waals surface area contributed by atoms with Crippen LogP contribution in [0, 0.1) is 0 Å². The minimum absolute atomic E-state index is 0.0139. The number of hydrogen-bond acceptors (Lipinski definition) is 6. The Kier molecular flexibility index (Phi) is 6.36. The Morgan fingerprint density at radius 1 is 1.38 bits per heavy atom. The van der Waals surface area contributed by atoms with Crippen LogP contribution < -0.4 is 5.32 Å². The highest BCUT2D eigenvalue weighted by Gasteiger charge is 2.15. The molecule has 0 radical (unpaired) electrons. The molecule has 1 atom stereocenters. The molecule has 8 nitrogen and oxygen atoms in total. The fourth-order valence-corrected chi connectivity index (χ4v) is 2.24. The molecule has 1 amide bonds. The third-order valence-electron chi connectivity index (χ3n) is 3.84. The quantitative estimate of drug-likeness (QED) is 0.764. The number of pyridine rings is 1. The van der Waals surface area contributed by atoms with E-state index in [4.69, 9.17) is 0 Å². The summed E-state index contributed by atoms with van der Waals surface area (Å²) in [7, 11) is 2.00. The molecule has 0 aromatic carbocycles. The van der Waals surface area contributed by atoms with E-state index in [1.165, 1.54) is 0 Å². The largest absolute Gasteiger partial charge is 0.352 e. The Morgan fingerprint density at radius 2 is 2.17 bits per heavy atom. The fraction of sp³-hybridized carbons (Fsp3) is 0.562. The smallest absolute Gasteiger partial charge is 0.242 e. The van der Waals surface area contributed by atoms with Gasteiger partial charge < -0.3 is 5.32 Å². The minimum Gasteiger partial charge on any atom is -0.352 e. The molecule has 130 valence electrons. The molecule has 0 aliphatic rings. The first-order valence-electron chi connectivity index (χ1n) is 8.09. The summed E-state index contributed by atoms with van der Waals surface area (Å²) >= 11 is 0. The number of tetrazole rings is 1. The molecule has 0 saturated carbocycles. The van der Waals surface area contributed by atoms with Crippen molar-refractivity contribution in [2.75, 3.05) is 7.05 Å². The minimum atomic E-state index is -0.104. The molecule has 0 unspecified atom stereocenters. The summed E-state index contributed by atoms with van der Waals surface area (Å²) in [5.41, 5.74) is 1.09. The van der Waals surface area contributed by atoms with Crippen molar-refractivity contribution < 1.29 is 4.79 Å². The molecule has 24 heavy (non-hydrogen) atoms. The number of carbonyl (C=O) groups excluding carboxylic acids is 1. The predicted octanol–water partition coefficient (Wildman–Crippen LogP) is 0.656. The van der Waals surface area contributed by atoms with Gasteiger partial charge in [-0.25, -0.2) is 4.68 Å². The highest BCUT2D eigenvalue weighted by molar-refractivity contribution is 5.75. The molecule has 8 heteroatoms. The first-order chi connectivity index (χ1) is 11.5. The Labute approximate surface area is 142 Å². The standard InChI is InChI=1S/C16H25N7O/c1-12(2)22(4)10-15-19-20-21-23(15)11-16(24)18-13(3)8-14-6-5-7-17-9-14/h5-7,9,12-13H,8,10-11H2,1-4H3,(H,18,24)/t13-/m1/s1. The van der Waals surface area contributed by atoms with Gasteiger partial charge in [0.1, 0.15) is 6.54 Å². The highest BCUT2D eigenvalue weighted by Crippen LogP contribution is 2.03. The molecule has 2 aromatic heterocycles. The van der Waals surface area contributed by atoms with E-state index >= 15 is 0 Å². The topological polar surface area (TPSA) is 88.8 Å². The van der Waals surface area contributed by atoms with Gasteiger partial charge in [0.25, 0.3) is 0 Å². The van der Waals surface area contributed by atoms with Crippen LogP contribution in [0.1, 0.15) is 32.2 Å². The molecule has 0 aliphatic heterocycles. The number of nitrogens with zero attached hydrogens (tertiary/aromatic N) is 6. The SMILES string of the molecule is CC(C)N(C)Cc1nnnn1CC(=O)N[C@H](C)Cc1cccnc1. The van der Waals surface area contributed by atoms with Crippen LogP contribution in [0.5, 0.6) is 0 Å². The molecular weight excluding hydrogens is 306 g/mol. The number of nitrogens with one attached hydrogen (secondary N) is 1. The zero-order valence-electron chi connectivity index (χ0n) is 14.7. The summed E-state index contributed by atoms with van der Waals surface area (Å²) < 4.78 is 1.55. The summed E-state index contributed by atoms with van der Waals surface area (Å²) in [6.07, 6.45) is 4.28. The maximum atomic E-state index is 12.2. The van der Waals surface area contributed by atoms with E-state index in [9.17, 15) is 4.79 Å².